The third-order valence-corrected chi connectivity index (χ3v) is 4.30. The summed E-state index contributed by atoms with van der Waals surface area (Å²) in [5, 5.41) is 6.42. The number of rotatable bonds is 3. The second-order valence-electron chi connectivity index (χ2n) is 5.93. The topological polar surface area (TPSA) is 75.4 Å². The van der Waals surface area contributed by atoms with Gasteiger partial charge in [-0.15, -0.1) is 0 Å². The van der Waals surface area contributed by atoms with Crippen LogP contribution in [0.25, 0.3) is 0 Å². The van der Waals surface area contributed by atoms with Crippen LogP contribution in [0.5, 0.6) is 0 Å². The number of hydrogen-bond donors (Lipinski definition) is 1. The smallest absolute Gasteiger partial charge is 0.231 e. The van der Waals surface area contributed by atoms with Gasteiger partial charge < -0.3 is 14.7 Å². The molecule has 1 aliphatic rings. The Bertz CT molecular complexity index is 774. The molecule has 0 bridgehead atoms. The van der Waals surface area contributed by atoms with Crippen LogP contribution < -0.4 is 5.32 Å². The van der Waals surface area contributed by atoms with Crippen molar-refractivity contribution in [2.45, 2.75) is 25.8 Å². The van der Waals surface area contributed by atoms with E-state index in [-0.39, 0.29) is 18.2 Å². The molecule has 2 atom stereocenters. The number of carbonyl (C=O) groups is 2. The van der Waals surface area contributed by atoms with Crippen LogP contribution in [-0.2, 0) is 9.59 Å². The van der Waals surface area contributed by atoms with Crippen molar-refractivity contribution in [3.8, 4) is 0 Å². The van der Waals surface area contributed by atoms with Crippen molar-refractivity contribution in [2.24, 2.45) is 5.92 Å². The molecule has 1 aliphatic heterocycles. The molecule has 0 spiro atoms. The highest BCUT2D eigenvalue weighted by Crippen LogP contribution is 2.37. The number of amides is 2. The highest BCUT2D eigenvalue weighted by atomic mass is 19.1. The first-order valence-electron chi connectivity index (χ1n) is 7.71. The van der Waals surface area contributed by atoms with Crippen LogP contribution in [-0.4, -0.2) is 28.9 Å². The van der Waals surface area contributed by atoms with Gasteiger partial charge in [-0.3, -0.25) is 9.59 Å². The number of hydrogen-bond acceptors (Lipinski definition) is 4. The second-order valence-corrected chi connectivity index (χ2v) is 5.93. The molecule has 2 aromatic rings. The Morgan fingerprint density at radius 3 is 2.83 bits per heavy atom. The number of nitrogens with one attached hydrogen (secondary N) is 1. The summed E-state index contributed by atoms with van der Waals surface area (Å²) in [5.41, 5.74) is 0.338. The van der Waals surface area contributed by atoms with E-state index in [4.69, 9.17) is 4.52 Å². The Kier molecular flexibility index (Phi) is 4.33. The SMILES string of the molecule is Cc1cc(NC(=O)[C@H]2CCC(=O)N(C)[C@@H]2c2ccccc2F)no1. The molecule has 0 radical (unpaired) electrons. The molecule has 7 heteroatoms. The molecule has 1 fully saturated rings. The van der Waals surface area contributed by atoms with Crippen molar-refractivity contribution in [1.82, 2.24) is 10.1 Å². The van der Waals surface area contributed by atoms with Gasteiger partial charge in [0.05, 0.1) is 12.0 Å². The Labute approximate surface area is 138 Å². The van der Waals surface area contributed by atoms with E-state index in [0.29, 0.717) is 23.6 Å². The van der Waals surface area contributed by atoms with Gasteiger partial charge in [0.25, 0.3) is 0 Å². The number of nitrogens with zero attached hydrogens (tertiary/aromatic N) is 2. The van der Waals surface area contributed by atoms with Gasteiger partial charge in [0.15, 0.2) is 5.82 Å². The third-order valence-electron chi connectivity index (χ3n) is 4.30. The van der Waals surface area contributed by atoms with Gasteiger partial charge in [-0.2, -0.15) is 0 Å². The molecule has 126 valence electrons. The molecule has 2 heterocycles. The van der Waals surface area contributed by atoms with Crippen LogP contribution in [0.3, 0.4) is 0 Å². The molecule has 24 heavy (non-hydrogen) atoms. The molecule has 2 amide bonds. The number of anilines is 1. The fourth-order valence-corrected chi connectivity index (χ4v) is 3.10. The van der Waals surface area contributed by atoms with E-state index in [1.54, 1.807) is 38.2 Å². The molecule has 0 unspecified atom stereocenters. The second kappa shape index (κ2) is 6.43. The van der Waals surface area contributed by atoms with Crippen molar-refractivity contribution in [1.29, 1.82) is 0 Å². The van der Waals surface area contributed by atoms with E-state index in [0.717, 1.165) is 0 Å². The van der Waals surface area contributed by atoms with Crippen molar-refractivity contribution >= 4 is 17.6 Å². The number of benzene rings is 1. The number of halogens is 1. The standard InChI is InChI=1S/C17H18FN3O3/c1-10-9-14(20-24-10)19-17(23)12-7-8-15(22)21(2)16(12)11-5-3-4-6-13(11)18/h3-6,9,12,16H,7-8H2,1-2H3,(H,19,20,23)/t12-,16+/m0/s1. The lowest BCUT2D eigenvalue weighted by Gasteiger charge is -2.38. The maximum atomic E-state index is 14.2. The summed E-state index contributed by atoms with van der Waals surface area (Å²) in [6, 6.07) is 7.17. The summed E-state index contributed by atoms with van der Waals surface area (Å²) < 4.78 is 19.2. The monoisotopic (exact) mass is 331 g/mol. The Morgan fingerprint density at radius 2 is 2.17 bits per heavy atom. The third kappa shape index (κ3) is 3.02. The zero-order chi connectivity index (χ0) is 17.3. The molecule has 1 N–H and O–H groups in total. The number of aryl methyl sites for hydroxylation is 1. The highest BCUT2D eigenvalue weighted by molar-refractivity contribution is 5.94. The molecule has 1 saturated heterocycles. The number of carbonyl (C=O) groups excluding carboxylic acids is 2. The Balaban J connectivity index is 1.90. The van der Waals surface area contributed by atoms with Gasteiger partial charge >= 0.3 is 0 Å². The summed E-state index contributed by atoms with van der Waals surface area (Å²) in [6.07, 6.45) is 0.599. The number of aromatic nitrogens is 1. The van der Waals surface area contributed by atoms with Crippen molar-refractivity contribution in [2.75, 3.05) is 12.4 Å². The maximum absolute atomic E-state index is 14.2. The predicted molar refractivity (Wildman–Crippen MR) is 84.5 cm³/mol. The summed E-state index contributed by atoms with van der Waals surface area (Å²) in [4.78, 5) is 26.2. The van der Waals surface area contributed by atoms with E-state index >= 15 is 0 Å². The van der Waals surface area contributed by atoms with E-state index < -0.39 is 17.8 Å². The molecule has 0 saturated carbocycles. The van der Waals surface area contributed by atoms with Crippen molar-refractivity contribution in [3.63, 3.8) is 0 Å². The Hall–Kier alpha value is -2.70. The minimum atomic E-state index is -0.652. The average Bonchev–Trinajstić information content (AvgIpc) is 2.95. The Morgan fingerprint density at radius 1 is 1.42 bits per heavy atom. The summed E-state index contributed by atoms with van der Waals surface area (Å²) in [6.45, 7) is 1.72. The van der Waals surface area contributed by atoms with Crippen molar-refractivity contribution < 1.29 is 18.5 Å². The van der Waals surface area contributed by atoms with Crippen LogP contribution >= 0.6 is 0 Å². The van der Waals surface area contributed by atoms with Gasteiger partial charge in [-0.1, -0.05) is 23.4 Å². The number of piperidine rings is 1. The van der Waals surface area contributed by atoms with E-state index in [1.165, 1.54) is 11.0 Å². The minimum absolute atomic E-state index is 0.107. The van der Waals surface area contributed by atoms with Gasteiger partial charge in [-0.05, 0) is 19.4 Å². The van der Waals surface area contributed by atoms with Crippen LogP contribution in [0, 0.1) is 18.7 Å². The first-order valence-corrected chi connectivity index (χ1v) is 7.71. The average molecular weight is 331 g/mol. The first kappa shape index (κ1) is 16.2. The minimum Gasteiger partial charge on any atom is -0.360 e. The predicted octanol–water partition coefficient (Wildman–Crippen LogP) is 2.67. The fraction of sp³-hybridized carbons (Fsp3) is 0.353. The van der Waals surface area contributed by atoms with E-state index in [2.05, 4.69) is 10.5 Å². The molecular formula is C17H18FN3O3. The fourth-order valence-electron chi connectivity index (χ4n) is 3.10. The molecule has 1 aromatic carbocycles. The zero-order valence-electron chi connectivity index (χ0n) is 13.5. The van der Waals surface area contributed by atoms with Crippen LogP contribution in [0.4, 0.5) is 10.2 Å². The summed E-state index contributed by atoms with van der Waals surface area (Å²) in [5.74, 6) is -0.530. The lowest BCUT2D eigenvalue weighted by Crippen LogP contribution is -2.45. The lowest BCUT2D eigenvalue weighted by molar-refractivity contribution is -0.140. The van der Waals surface area contributed by atoms with Gasteiger partial charge in [0.2, 0.25) is 11.8 Å². The van der Waals surface area contributed by atoms with Crippen LogP contribution in [0.15, 0.2) is 34.9 Å². The van der Waals surface area contributed by atoms with E-state index in [9.17, 15) is 14.0 Å². The van der Waals surface area contributed by atoms with Gasteiger partial charge in [0, 0.05) is 25.1 Å². The normalized spacial score (nSPS) is 21.0. The highest BCUT2D eigenvalue weighted by Gasteiger charge is 2.40. The lowest BCUT2D eigenvalue weighted by atomic mass is 9.83. The first-order chi connectivity index (χ1) is 11.5. The molecule has 1 aromatic heterocycles. The van der Waals surface area contributed by atoms with E-state index in [1.807, 2.05) is 0 Å². The van der Waals surface area contributed by atoms with Gasteiger partial charge in [0.1, 0.15) is 11.6 Å². The number of likely N-dealkylation sites (tertiary alicyclic amines) is 1. The molecule has 3 rings (SSSR count). The molecule has 6 nitrogen and oxygen atoms in total. The quantitative estimate of drug-likeness (QED) is 0.938. The molecular weight excluding hydrogens is 313 g/mol. The summed E-state index contributed by atoms with van der Waals surface area (Å²) in [7, 11) is 1.60. The largest absolute Gasteiger partial charge is 0.360 e. The van der Waals surface area contributed by atoms with Crippen LogP contribution in [0.1, 0.15) is 30.2 Å². The molecule has 0 aliphatic carbocycles. The summed E-state index contributed by atoms with van der Waals surface area (Å²) >= 11 is 0. The maximum Gasteiger partial charge on any atom is 0.231 e. The van der Waals surface area contributed by atoms with Gasteiger partial charge in [-0.25, -0.2) is 4.39 Å². The van der Waals surface area contributed by atoms with Crippen molar-refractivity contribution in [3.05, 3.63) is 47.5 Å². The van der Waals surface area contributed by atoms with Crippen LogP contribution in [0.2, 0.25) is 0 Å². The zero-order valence-corrected chi connectivity index (χ0v) is 13.5.